The number of sulfone groups is 1. The fourth-order valence-electron chi connectivity index (χ4n) is 3.26. The van der Waals surface area contributed by atoms with Crippen molar-refractivity contribution in [1.29, 1.82) is 0 Å². The van der Waals surface area contributed by atoms with E-state index in [1.54, 1.807) is 24.3 Å². The Hall–Kier alpha value is -1.84. The monoisotopic (exact) mass is 458 g/mol. The van der Waals surface area contributed by atoms with Gasteiger partial charge in [-0.3, -0.25) is 4.90 Å². The molecule has 10 heteroatoms. The van der Waals surface area contributed by atoms with Gasteiger partial charge in [-0.15, -0.1) is 12.4 Å². The molecule has 0 bridgehead atoms. The molecule has 1 unspecified atom stereocenters. The molecule has 1 aromatic heterocycles. The highest BCUT2D eigenvalue weighted by Gasteiger charge is 2.24. The molecule has 1 atom stereocenters. The van der Waals surface area contributed by atoms with Crippen LogP contribution in [0.4, 0.5) is 6.01 Å². The lowest BCUT2D eigenvalue weighted by Gasteiger charge is -2.37. The summed E-state index contributed by atoms with van der Waals surface area (Å²) in [6.45, 7) is 10.5. The number of anilines is 1. The van der Waals surface area contributed by atoms with Crippen molar-refractivity contribution < 1.29 is 17.7 Å². The Balaban J connectivity index is 0.00000320. The summed E-state index contributed by atoms with van der Waals surface area (Å²) in [6, 6.07) is 7.57. The Kier molecular flexibility index (Phi) is 8.52. The number of nitrogens with zero attached hydrogens (tertiary/aromatic N) is 4. The Morgan fingerprint density at radius 2 is 1.73 bits per heavy atom. The molecule has 0 saturated carbocycles. The van der Waals surface area contributed by atoms with Crippen molar-refractivity contribution in [2.45, 2.75) is 44.0 Å². The average Bonchev–Trinajstić information content (AvgIpc) is 3.18. The molecule has 8 nitrogen and oxygen atoms in total. The second-order valence-corrected chi connectivity index (χ2v) is 9.86. The number of benzene rings is 1. The van der Waals surface area contributed by atoms with Gasteiger partial charge in [0.05, 0.1) is 11.5 Å². The highest BCUT2D eigenvalue weighted by atomic mass is 35.5. The van der Waals surface area contributed by atoms with Crippen LogP contribution in [0.25, 0.3) is 0 Å². The van der Waals surface area contributed by atoms with Crippen LogP contribution in [0.3, 0.4) is 0 Å². The number of hydrogen-bond donors (Lipinski definition) is 0. The first kappa shape index (κ1) is 24.4. The first-order valence-corrected chi connectivity index (χ1v) is 11.9. The molecule has 1 aliphatic rings. The van der Waals surface area contributed by atoms with E-state index in [-0.39, 0.29) is 18.3 Å². The summed E-state index contributed by atoms with van der Waals surface area (Å²) in [4.78, 5) is 9.36. The highest BCUT2D eigenvalue weighted by molar-refractivity contribution is 7.90. The normalized spacial score (nSPS) is 16.4. The van der Waals surface area contributed by atoms with Gasteiger partial charge in [0.2, 0.25) is 0 Å². The lowest BCUT2D eigenvalue weighted by molar-refractivity contribution is 0.163. The van der Waals surface area contributed by atoms with E-state index in [1.807, 2.05) is 0 Å². The molecular formula is C20H31ClN4O4S. The Bertz CT molecular complexity index is 894. The first-order valence-electron chi connectivity index (χ1n) is 9.99. The fraction of sp³-hybridized carbons (Fsp3) is 0.600. The van der Waals surface area contributed by atoms with Gasteiger partial charge in [0.1, 0.15) is 5.75 Å². The van der Waals surface area contributed by atoms with Crippen molar-refractivity contribution in [3.63, 3.8) is 0 Å². The van der Waals surface area contributed by atoms with Crippen molar-refractivity contribution in [3.8, 4) is 5.75 Å². The van der Waals surface area contributed by atoms with E-state index in [0.29, 0.717) is 29.3 Å². The molecule has 1 aliphatic heterocycles. The zero-order valence-corrected chi connectivity index (χ0v) is 19.6. The standard InChI is InChI=1S/C20H30N4O4S.ClH/c1-15(2)19-21-20(28-22-19)24-12-10-23(11-13-24)16(3)9-14-27-17-5-7-18(8-6-17)29(4,25)26;/h5-8,15-16H,9-14H2,1-4H3;1H. The van der Waals surface area contributed by atoms with Gasteiger partial charge >= 0.3 is 6.01 Å². The number of rotatable bonds is 8. The Morgan fingerprint density at radius 1 is 1.10 bits per heavy atom. The van der Waals surface area contributed by atoms with E-state index < -0.39 is 9.84 Å². The van der Waals surface area contributed by atoms with Crippen LogP contribution in [0, 0.1) is 0 Å². The van der Waals surface area contributed by atoms with Gasteiger partial charge in [0.25, 0.3) is 0 Å². The third kappa shape index (κ3) is 6.33. The predicted octanol–water partition coefficient (Wildman–Crippen LogP) is 3.00. The molecule has 168 valence electrons. The molecule has 1 saturated heterocycles. The number of aromatic nitrogens is 2. The van der Waals surface area contributed by atoms with E-state index in [4.69, 9.17) is 9.26 Å². The summed E-state index contributed by atoms with van der Waals surface area (Å²) in [5.41, 5.74) is 0. The van der Waals surface area contributed by atoms with Crippen molar-refractivity contribution in [2.24, 2.45) is 0 Å². The zero-order valence-electron chi connectivity index (χ0n) is 17.9. The van der Waals surface area contributed by atoms with E-state index in [9.17, 15) is 8.42 Å². The highest BCUT2D eigenvalue weighted by Crippen LogP contribution is 2.20. The Morgan fingerprint density at radius 3 is 2.27 bits per heavy atom. The number of piperazine rings is 1. The topological polar surface area (TPSA) is 88.8 Å². The fourth-order valence-corrected chi connectivity index (χ4v) is 3.89. The van der Waals surface area contributed by atoms with Gasteiger partial charge in [-0.05, 0) is 37.6 Å². The van der Waals surface area contributed by atoms with Gasteiger partial charge in [-0.25, -0.2) is 8.42 Å². The van der Waals surface area contributed by atoms with Gasteiger partial charge in [0.15, 0.2) is 15.7 Å². The summed E-state index contributed by atoms with van der Waals surface area (Å²) >= 11 is 0. The van der Waals surface area contributed by atoms with E-state index in [0.717, 1.165) is 38.4 Å². The molecule has 30 heavy (non-hydrogen) atoms. The summed E-state index contributed by atoms with van der Waals surface area (Å²) in [7, 11) is -3.18. The van der Waals surface area contributed by atoms with E-state index in [1.165, 1.54) is 6.26 Å². The maximum Gasteiger partial charge on any atom is 0.324 e. The maximum atomic E-state index is 11.5. The van der Waals surface area contributed by atoms with Crippen LogP contribution in [0.15, 0.2) is 33.7 Å². The third-order valence-electron chi connectivity index (χ3n) is 5.21. The van der Waals surface area contributed by atoms with E-state index >= 15 is 0 Å². The van der Waals surface area contributed by atoms with Crippen LogP contribution in [-0.4, -0.2) is 68.5 Å². The minimum Gasteiger partial charge on any atom is -0.494 e. The van der Waals surface area contributed by atoms with Crippen molar-refractivity contribution >= 4 is 28.3 Å². The molecule has 3 rings (SSSR count). The lowest BCUT2D eigenvalue weighted by atomic mass is 10.2. The molecule has 0 N–H and O–H groups in total. The number of halogens is 1. The number of ether oxygens (including phenoxy) is 1. The quantitative estimate of drug-likeness (QED) is 0.596. The summed E-state index contributed by atoms with van der Waals surface area (Å²) in [5, 5.41) is 4.04. The minimum atomic E-state index is -3.18. The van der Waals surface area contributed by atoms with E-state index in [2.05, 4.69) is 40.7 Å². The first-order chi connectivity index (χ1) is 13.7. The molecule has 2 heterocycles. The van der Waals surface area contributed by atoms with Crippen molar-refractivity contribution in [3.05, 3.63) is 30.1 Å². The molecule has 1 aromatic carbocycles. The van der Waals surface area contributed by atoms with Crippen LogP contribution < -0.4 is 9.64 Å². The smallest absolute Gasteiger partial charge is 0.324 e. The summed E-state index contributed by atoms with van der Waals surface area (Å²) in [6.07, 6.45) is 2.10. The molecule has 0 spiro atoms. The number of hydrogen-bond acceptors (Lipinski definition) is 8. The lowest BCUT2D eigenvalue weighted by Crippen LogP contribution is -2.50. The molecule has 0 radical (unpaired) electrons. The average molecular weight is 459 g/mol. The largest absolute Gasteiger partial charge is 0.494 e. The minimum absolute atomic E-state index is 0. The molecule has 0 aliphatic carbocycles. The predicted molar refractivity (Wildman–Crippen MR) is 119 cm³/mol. The van der Waals surface area contributed by atoms with Gasteiger partial charge in [-0.2, -0.15) is 4.98 Å². The van der Waals surface area contributed by atoms with Crippen molar-refractivity contribution in [1.82, 2.24) is 15.0 Å². The molecule has 1 fully saturated rings. The Labute approximate surface area is 184 Å². The molecule has 2 aromatic rings. The maximum absolute atomic E-state index is 11.5. The van der Waals surface area contributed by atoms with Crippen LogP contribution in [0.5, 0.6) is 5.75 Å². The SMILES string of the molecule is CC(C)c1noc(N2CCN(C(C)CCOc3ccc(S(C)(=O)=O)cc3)CC2)n1.Cl. The zero-order chi connectivity index (χ0) is 21.0. The van der Waals surface area contributed by atoms with Gasteiger partial charge in [-0.1, -0.05) is 19.0 Å². The van der Waals surface area contributed by atoms with Gasteiger partial charge in [0, 0.05) is 44.4 Å². The second-order valence-electron chi connectivity index (χ2n) is 7.84. The second kappa shape index (κ2) is 10.5. The summed E-state index contributed by atoms with van der Waals surface area (Å²) in [5.74, 6) is 1.70. The van der Waals surface area contributed by atoms with Crippen LogP contribution in [0.2, 0.25) is 0 Å². The van der Waals surface area contributed by atoms with Crippen LogP contribution in [-0.2, 0) is 9.84 Å². The summed E-state index contributed by atoms with van der Waals surface area (Å²) < 4.78 is 34.2. The van der Waals surface area contributed by atoms with Crippen LogP contribution in [0.1, 0.15) is 38.9 Å². The molecule has 0 amide bonds. The third-order valence-corrected chi connectivity index (χ3v) is 6.34. The molecular weight excluding hydrogens is 428 g/mol. The van der Waals surface area contributed by atoms with Crippen LogP contribution >= 0.6 is 12.4 Å². The van der Waals surface area contributed by atoms with Gasteiger partial charge < -0.3 is 14.2 Å². The van der Waals surface area contributed by atoms with Crippen molar-refractivity contribution in [2.75, 3.05) is 43.9 Å².